The molecule has 1 amide bonds. The second kappa shape index (κ2) is 11.1. The molecule has 1 aromatic rings. The van der Waals surface area contributed by atoms with Crippen molar-refractivity contribution < 1.29 is 13.2 Å². The smallest absolute Gasteiger partial charge is 0.251 e. The maximum atomic E-state index is 13.3. The third-order valence-electron chi connectivity index (χ3n) is 7.02. The van der Waals surface area contributed by atoms with Crippen molar-refractivity contribution in [2.45, 2.75) is 51.3 Å². The minimum atomic E-state index is -3.60. The van der Waals surface area contributed by atoms with Gasteiger partial charge in [-0.15, -0.1) is 0 Å². The molecule has 0 spiro atoms. The molecule has 0 aliphatic carbocycles. The summed E-state index contributed by atoms with van der Waals surface area (Å²) in [5, 5.41) is 2.98. The molecule has 2 fully saturated rings. The molecule has 2 aliphatic heterocycles. The van der Waals surface area contributed by atoms with Crippen LogP contribution in [0.5, 0.6) is 0 Å². The summed E-state index contributed by atoms with van der Waals surface area (Å²) >= 11 is 0. The minimum Gasteiger partial charge on any atom is -0.352 e. The molecule has 2 heterocycles. The average molecular weight is 465 g/mol. The number of benzene rings is 1. The standard InChI is InChI=1S/C24H40N4O3S/c1-19-7-11-28(12-8-19)32(30,31)23-18-22(17-20(2)21(23)3)24(29)25-9-5-6-10-27-15-13-26(4)14-16-27/h17-19H,5-16H2,1-4H3,(H,25,29). The number of nitrogens with one attached hydrogen (secondary N) is 1. The van der Waals surface area contributed by atoms with Crippen molar-refractivity contribution in [3.8, 4) is 0 Å². The van der Waals surface area contributed by atoms with Crippen molar-refractivity contribution in [3.05, 3.63) is 28.8 Å². The van der Waals surface area contributed by atoms with E-state index >= 15 is 0 Å². The van der Waals surface area contributed by atoms with E-state index in [2.05, 4.69) is 29.1 Å². The number of likely N-dealkylation sites (N-methyl/N-ethyl adjacent to an activating group) is 1. The van der Waals surface area contributed by atoms with Crippen LogP contribution in [0, 0.1) is 19.8 Å². The van der Waals surface area contributed by atoms with Gasteiger partial charge in [-0.25, -0.2) is 8.42 Å². The Bertz CT molecular complexity index is 887. The third kappa shape index (κ3) is 6.31. The lowest BCUT2D eigenvalue weighted by atomic mass is 10.0. The van der Waals surface area contributed by atoms with Crippen LogP contribution in [0.4, 0.5) is 0 Å². The van der Waals surface area contributed by atoms with E-state index in [4.69, 9.17) is 0 Å². The molecule has 2 aliphatic rings. The number of hydrogen-bond donors (Lipinski definition) is 1. The molecule has 3 rings (SSSR count). The Morgan fingerprint density at radius 2 is 1.69 bits per heavy atom. The Morgan fingerprint density at radius 3 is 2.34 bits per heavy atom. The Kier molecular flexibility index (Phi) is 8.72. The average Bonchev–Trinajstić information content (AvgIpc) is 2.76. The third-order valence-corrected chi connectivity index (χ3v) is 9.05. The first-order valence-electron chi connectivity index (χ1n) is 12.0. The lowest BCUT2D eigenvalue weighted by molar-refractivity contribution is 0.0951. The molecular weight excluding hydrogens is 424 g/mol. The number of unbranched alkanes of at least 4 members (excludes halogenated alkanes) is 1. The van der Waals surface area contributed by atoms with Crippen LogP contribution in [0.1, 0.15) is 54.1 Å². The summed E-state index contributed by atoms with van der Waals surface area (Å²) in [6.07, 6.45) is 3.72. The number of amides is 1. The molecular formula is C24H40N4O3S. The number of nitrogens with zero attached hydrogens (tertiary/aromatic N) is 3. The monoisotopic (exact) mass is 464 g/mol. The van der Waals surface area contributed by atoms with Crippen molar-refractivity contribution in [2.24, 2.45) is 5.92 Å². The number of piperidine rings is 1. The van der Waals surface area contributed by atoms with Gasteiger partial charge in [0.15, 0.2) is 0 Å². The van der Waals surface area contributed by atoms with E-state index < -0.39 is 10.0 Å². The molecule has 1 aromatic carbocycles. The van der Waals surface area contributed by atoms with E-state index in [0.717, 1.165) is 69.5 Å². The lowest BCUT2D eigenvalue weighted by Gasteiger charge is -2.32. The SMILES string of the molecule is Cc1cc(C(=O)NCCCCN2CCN(C)CC2)cc(S(=O)(=O)N2CCC(C)CC2)c1C. The first-order chi connectivity index (χ1) is 15.2. The highest BCUT2D eigenvalue weighted by atomic mass is 32.2. The van der Waals surface area contributed by atoms with Crippen molar-refractivity contribution >= 4 is 15.9 Å². The molecule has 0 unspecified atom stereocenters. The molecule has 8 heteroatoms. The number of rotatable bonds is 8. The van der Waals surface area contributed by atoms with Gasteiger partial charge in [-0.2, -0.15) is 4.31 Å². The van der Waals surface area contributed by atoms with Crippen LogP contribution in [0.3, 0.4) is 0 Å². The van der Waals surface area contributed by atoms with Crippen LogP contribution >= 0.6 is 0 Å². The molecule has 0 bridgehead atoms. The van der Waals surface area contributed by atoms with E-state index in [0.29, 0.717) is 31.1 Å². The molecule has 0 saturated carbocycles. The van der Waals surface area contributed by atoms with Crippen molar-refractivity contribution in [1.82, 2.24) is 19.4 Å². The predicted molar refractivity (Wildman–Crippen MR) is 129 cm³/mol. The summed E-state index contributed by atoms with van der Waals surface area (Å²) in [5.41, 5.74) is 1.99. The highest BCUT2D eigenvalue weighted by Gasteiger charge is 2.30. The zero-order valence-electron chi connectivity index (χ0n) is 20.2. The zero-order chi connectivity index (χ0) is 23.3. The maximum Gasteiger partial charge on any atom is 0.251 e. The predicted octanol–water partition coefficient (Wildman–Crippen LogP) is 2.48. The second-order valence-corrected chi connectivity index (χ2v) is 11.5. The molecule has 32 heavy (non-hydrogen) atoms. The number of carbonyl (C=O) groups is 1. The summed E-state index contributed by atoms with van der Waals surface area (Å²) in [6.45, 7) is 13.1. The molecule has 1 N–H and O–H groups in total. The van der Waals surface area contributed by atoms with E-state index in [1.54, 1.807) is 16.4 Å². The van der Waals surface area contributed by atoms with Crippen molar-refractivity contribution in [1.29, 1.82) is 0 Å². The molecule has 0 aromatic heterocycles. The maximum absolute atomic E-state index is 13.3. The first kappa shape index (κ1) is 25.1. The van der Waals surface area contributed by atoms with Crippen LogP contribution in [0.2, 0.25) is 0 Å². The normalized spacial score (nSPS) is 19.9. The summed E-state index contributed by atoms with van der Waals surface area (Å²) in [6, 6.07) is 3.36. The summed E-state index contributed by atoms with van der Waals surface area (Å²) in [5.74, 6) is 0.356. The number of piperazine rings is 1. The Morgan fingerprint density at radius 1 is 1.03 bits per heavy atom. The Hall–Kier alpha value is -1.48. The van der Waals surface area contributed by atoms with Gasteiger partial charge >= 0.3 is 0 Å². The molecule has 7 nitrogen and oxygen atoms in total. The summed E-state index contributed by atoms with van der Waals surface area (Å²) < 4.78 is 28.2. The van der Waals surface area contributed by atoms with Gasteiger partial charge in [-0.05, 0) is 82.3 Å². The summed E-state index contributed by atoms with van der Waals surface area (Å²) in [7, 11) is -1.44. The van der Waals surface area contributed by atoms with Crippen molar-refractivity contribution in [3.63, 3.8) is 0 Å². The fourth-order valence-corrected chi connectivity index (χ4v) is 6.22. The minimum absolute atomic E-state index is 0.198. The van der Waals surface area contributed by atoms with Gasteiger partial charge in [-0.1, -0.05) is 6.92 Å². The van der Waals surface area contributed by atoms with Crippen LogP contribution in [0.25, 0.3) is 0 Å². The Labute approximate surface area is 194 Å². The van der Waals surface area contributed by atoms with Gasteiger partial charge in [0.2, 0.25) is 10.0 Å². The number of hydrogen-bond acceptors (Lipinski definition) is 5. The van der Waals surface area contributed by atoms with E-state index in [1.165, 1.54) is 0 Å². The van der Waals surface area contributed by atoms with E-state index in [9.17, 15) is 13.2 Å². The quantitative estimate of drug-likeness (QED) is 0.599. The fraction of sp³-hybridized carbons (Fsp3) is 0.708. The number of carbonyl (C=O) groups excluding carboxylic acids is 1. The topological polar surface area (TPSA) is 73.0 Å². The molecule has 2 saturated heterocycles. The van der Waals surface area contributed by atoms with Crippen LogP contribution < -0.4 is 5.32 Å². The molecule has 0 atom stereocenters. The lowest BCUT2D eigenvalue weighted by Crippen LogP contribution is -2.44. The molecule has 0 radical (unpaired) electrons. The van der Waals surface area contributed by atoms with Crippen LogP contribution in [-0.4, -0.2) is 87.8 Å². The van der Waals surface area contributed by atoms with Crippen LogP contribution in [0.15, 0.2) is 17.0 Å². The second-order valence-electron chi connectivity index (χ2n) is 9.61. The fourth-order valence-electron chi connectivity index (χ4n) is 4.43. The number of sulfonamides is 1. The van der Waals surface area contributed by atoms with Gasteiger partial charge < -0.3 is 15.1 Å². The van der Waals surface area contributed by atoms with Crippen molar-refractivity contribution in [2.75, 3.05) is 59.4 Å². The number of aryl methyl sites for hydroxylation is 1. The van der Waals surface area contributed by atoms with Crippen LogP contribution in [-0.2, 0) is 10.0 Å². The van der Waals surface area contributed by atoms with Gasteiger partial charge in [0, 0.05) is 51.4 Å². The highest BCUT2D eigenvalue weighted by Crippen LogP contribution is 2.28. The van der Waals surface area contributed by atoms with Gasteiger partial charge in [0.1, 0.15) is 0 Å². The molecule has 180 valence electrons. The van der Waals surface area contributed by atoms with E-state index in [-0.39, 0.29) is 10.8 Å². The largest absolute Gasteiger partial charge is 0.352 e. The van der Waals surface area contributed by atoms with Gasteiger partial charge in [0.25, 0.3) is 5.91 Å². The first-order valence-corrected chi connectivity index (χ1v) is 13.4. The Balaban J connectivity index is 1.57. The summed E-state index contributed by atoms with van der Waals surface area (Å²) in [4.78, 5) is 17.9. The van der Waals surface area contributed by atoms with Gasteiger partial charge in [-0.3, -0.25) is 4.79 Å². The van der Waals surface area contributed by atoms with Gasteiger partial charge in [0.05, 0.1) is 4.90 Å². The zero-order valence-corrected chi connectivity index (χ0v) is 21.0. The van der Waals surface area contributed by atoms with E-state index in [1.807, 2.05) is 13.8 Å². The highest BCUT2D eigenvalue weighted by molar-refractivity contribution is 7.89.